The molecule has 0 aliphatic carbocycles. The van der Waals surface area contributed by atoms with Crippen molar-refractivity contribution in [3.05, 3.63) is 83.8 Å². The van der Waals surface area contributed by atoms with Gasteiger partial charge in [0.25, 0.3) is 5.91 Å². The van der Waals surface area contributed by atoms with Gasteiger partial charge in [0.15, 0.2) is 0 Å². The molecule has 4 rings (SSSR count). The Bertz CT molecular complexity index is 1220. The summed E-state index contributed by atoms with van der Waals surface area (Å²) < 4.78 is 36.1. The molecule has 2 heterocycles. The van der Waals surface area contributed by atoms with E-state index in [4.69, 9.17) is 9.15 Å². The zero-order valence-electron chi connectivity index (χ0n) is 17.0. The van der Waals surface area contributed by atoms with Crippen LogP contribution >= 0.6 is 0 Å². The first-order valence-corrected chi connectivity index (χ1v) is 11.4. The van der Waals surface area contributed by atoms with Crippen LogP contribution in [0.25, 0.3) is 0 Å². The number of hydrogen-bond acceptors (Lipinski definition) is 6. The van der Waals surface area contributed by atoms with E-state index in [0.29, 0.717) is 34.9 Å². The maximum absolute atomic E-state index is 13.3. The summed E-state index contributed by atoms with van der Waals surface area (Å²) in [7, 11) is -1.81. The number of amides is 1. The van der Waals surface area contributed by atoms with Gasteiger partial charge in [0, 0.05) is 17.7 Å². The molecule has 31 heavy (non-hydrogen) atoms. The van der Waals surface area contributed by atoms with Gasteiger partial charge in [-0.3, -0.25) is 9.52 Å². The van der Waals surface area contributed by atoms with E-state index in [-0.39, 0.29) is 5.91 Å². The number of sulfonamides is 1. The minimum absolute atomic E-state index is 0.273. The fraction of sp³-hybridized carbons (Fsp3) is 0.182. The lowest BCUT2D eigenvalue weighted by atomic mass is 10.0. The maximum atomic E-state index is 13.3. The molecule has 1 unspecified atom stereocenters. The number of benzene rings is 2. The van der Waals surface area contributed by atoms with Crippen LogP contribution in [0.4, 0.5) is 5.69 Å². The number of methoxy groups -OCH3 is 1. The van der Waals surface area contributed by atoms with Gasteiger partial charge in [0.05, 0.1) is 25.3 Å². The number of carbonyl (C=O) groups excluding carboxylic acids is 1. The molecule has 0 bridgehead atoms. The van der Waals surface area contributed by atoms with Crippen LogP contribution in [0.2, 0.25) is 0 Å². The molecule has 0 spiro atoms. The zero-order valence-corrected chi connectivity index (χ0v) is 17.8. The monoisotopic (exact) mass is 439 g/mol. The molecule has 8 nitrogen and oxygen atoms in total. The molecule has 1 aliphatic heterocycles. The molecule has 1 atom stereocenters. The lowest BCUT2D eigenvalue weighted by Crippen LogP contribution is -2.26. The highest BCUT2D eigenvalue weighted by molar-refractivity contribution is 7.92. The Kier molecular flexibility index (Phi) is 5.51. The van der Waals surface area contributed by atoms with Crippen molar-refractivity contribution in [1.29, 1.82) is 0 Å². The number of hydrogen-bond donors (Lipinski definition) is 1. The Hall–Kier alpha value is -3.59. The first-order chi connectivity index (χ1) is 14.8. The van der Waals surface area contributed by atoms with E-state index in [1.54, 1.807) is 68.0 Å². The van der Waals surface area contributed by atoms with E-state index < -0.39 is 16.1 Å². The minimum atomic E-state index is -3.36. The normalized spacial score (nSPS) is 16.1. The quantitative estimate of drug-likeness (QED) is 0.632. The van der Waals surface area contributed by atoms with Crippen molar-refractivity contribution >= 4 is 27.3 Å². The van der Waals surface area contributed by atoms with Crippen LogP contribution in [0, 0.1) is 0 Å². The van der Waals surface area contributed by atoms with Gasteiger partial charge >= 0.3 is 0 Å². The minimum Gasteiger partial charge on any atom is -0.497 e. The molecule has 3 aromatic rings. The molecular weight excluding hydrogens is 418 g/mol. The van der Waals surface area contributed by atoms with Crippen LogP contribution in [-0.2, 0) is 10.0 Å². The van der Waals surface area contributed by atoms with Crippen molar-refractivity contribution in [2.75, 3.05) is 18.1 Å². The molecule has 160 valence electrons. The smallest absolute Gasteiger partial charge is 0.274 e. The lowest BCUT2D eigenvalue weighted by molar-refractivity contribution is 0.0692. The topological polar surface area (TPSA) is 101 Å². The van der Waals surface area contributed by atoms with Crippen LogP contribution in [0.5, 0.6) is 5.75 Å². The summed E-state index contributed by atoms with van der Waals surface area (Å²) in [5, 5.41) is 6.01. The Labute approximate surface area is 180 Å². The predicted octanol–water partition coefficient (Wildman–Crippen LogP) is 3.65. The Morgan fingerprint density at radius 3 is 2.58 bits per heavy atom. The number of rotatable bonds is 6. The van der Waals surface area contributed by atoms with Gasteiger partial charge in [-0.15, -0.1) is 0 Å². The summed E-state index contributed by atoms with van der Waals surface area (Å²) in [6.07, 6.45) is 3.12. The van der Waals surface area contributed by atoms with Crippen molar-refractivity contribution in [2.24, 2.45) is 5.10 Å². The SMILES string of the molecule is COc1cccc(C(=O)N2N=C(c3ccc(NS(C)(=O)=O)cc3)CC2c2ccco2)c1. The number of furan rings is 1. The van der Waals surface area contributed by atoms with Crippen molar-refractivity contribution in [2.45, 2.75) is 12.5 Å². The van der Waals surface area contributed by atoms with Crippen LogP contribution in [0.15, 0.2) is 76.4 Å². The van der Waals surface area contributed by atoms with E-state index in [9.17, 15) is 13.2 Å². The van der Waals surface area contributed by atoms with E-state index in [0.717, 1.165) is 11.8 Å². The Morgan fingerprint density at radius 1 is 1.16 bits per heavy atom. The third-order valence-electron chi connectivity index (χ3n) is 4.83. The molecule has 0 fully saturated rings. The van der Waals surface area contributed by atoms with Crippen molar-refractivity contribution in [1.82, 2.24) is 5.01 Å². The van der Waals surface area contributed by atoms with Gasteiger partial charge in [0.1, 0.15) is 17.6 Å². The summed E-state index contributed by atoms with van der Waals surface area (Å²) in [4.78, 5) is 13.3. The van der Waals surface area contributed by atoms with Crippen LogP contribution in [-0.4, -0.2) is 38.4 Å². The molecule has 9 heteroatoms. The van der Waals surface area contributed by atoms with E-state index >= 15 is 0 Å². The van der Waals surface area contributed by atoms with Gasteiger partial charge in [0.2, 0.25) is 10.0 Å². The molecular formula is C22H21N3O5S. The summed E-state index contributed by atoms with van der Waals surface area (Å²) in [5.41, 5.74) is 2.39. The number of nitrogens with one attached hydrogen (secondary N) is 1. The Morgan fingerprint density at radius 2 is 1.94 bits per heavy atom. The van der Waals surface area contributed by atoms with E-state index in [2.05, 4.69) is 9.82 Å². The van der Waals surface area contributed by atoms with Crippen LogP contribution in [0.1, 0.15) is 34.1 Å². The second kappa shape index (κ2) is 8.27. The fourth-order valence-electron chi connectivity index (χ4n) is 3.41. The summed E-state index contributed by atoms with van der Waals surface area (Å²) in [6.45, 7) is 0. The highest BCUT2D eigenvalue weighted by atomic mass is 32.2. The molecule has 1 N–H and O–H groups in total. The number of ether oxygens (including phenoxy) is 1. The number of nitrogens with zero attached hydrogens (tertiary/aromatic N) is 2. The number of anilines is 1. The summed E-state index contributed by atoms with van der Waals surface area (Å²) in [5.74, 6) is 0.939. The highest BCUT2D eigenvalue weighted by Crippen LogP contribution is 2.34. The second-order valence-electron chi connectivity index (χ2n) is 7.12. The molecule has 0 saturated heterocycles. The largest absolute Gasteiger partial charge is 0.497 e. The van der Waals surface area contributed by atoms with Gasteiger partial charge in [-0.05, 0) is 48.0 Å². The third-order valence-corrected chi connectivity index (χ3v) is 5.43. The Balaban J connectivity index is 1.65. The number of carbonyl (C=O) groups is 1. The summed E-state index contributed by atoms with van der Waals surface area (Å²) >= 11 is 0. The van der Waals surface area contributed by atoms with Gasteiger partial charge in [-0.25, -0.2) is 13.4 Å². The van der Waals surface area contributed by atoms with Crippen molar-refractivity contribution in [3.8, 4) is 5.75 Å². The van der Waals surface area contributed by atoms with Crippen molar-refractivity contribution in [3.63, 3.8) is 0 Å². The molecule has 1 amide bonds. The second-order valence-corrected chi connectivity index (χ2v) is 8.86. The highest BCUT2D eigenvalue weighted by Gasteiger charge is 2.35. The zero-order chi connectivity index (χ0) is 22.0. The van der Waals surface area contributed by atoms with Gasteiger partial charge in [-0.2, -0.15) is 5.10 Å². The third kappa shape index (κ3) is 4.61. The molecule has 1 aliphatic rings. The maximum Gasteiger partial charge on any atom is 0.274 e. The summed E-state index contributed by atoms with van der Waals surface area (Å²) in [6, 6.07) is 17.0. The molecule has 0 radical (unpaired) electrons. The predicted molar refractivity (Wildman–Crippen MR) is 117 cm³/mol. The molecule has 0 saturated carbocycles. The van der Waals surface area contributed by atoms with Gasteiger partial charge in [-0.1, -0.05) is 18.2 Å². The van der Waals surface area contributed by atoms with Gasteiger partial charge < -0.3 is 9.15 Å². The van der Waals surface area contributed by atoms with Crippen LogP contribution < -0.4 is 9.46 Å². The molecule has 1 aromatic heterocycles. The average Bonchev–Trinajstić information content (AvgIpc) is 3.42. The fourth-order valence-corrected chi connectivity index (χ4v) is 3.97. The van der Waals surface area contributed by atoms with Crippen LogP contribution in [0.3, 0.4) is 0 Å². The standard InChI is InChI=1S/C22H21N3O5S/c1-29-18-6-3-5-16(13-18)22(26)25-20(21-7-4-12-30-21)14-19(23-25)15-8-10-17(11-9-15)24-31(2,27)28/h3-13,20,24H,14H2,1-2H3. The lowest BCUT2D eigenvalue weighted by Gasteiger charge is -2.20. The average molecular weight is 439 g/mol. The first kappa shape index (κ1) is 20.7. The number of hydrazone groups is 1. The first-order valence-electron chi connectivity index (χ1n) is 9.51. The van der Waals surface area contributed by atoms with Crippen molar-refractivity contribution < 1.29 is 22.4 Å². The van der Waals surface area contributed by atoms with E-state index in [1.807, 2.05) is 6.07 Å². The van der Waals surface area contributed by atoms with E-state index in [1.165, 1.54) is 5.01 Å². The molecule has 2 aromatic carbocycles.